The molecule has 9 heteroatoms. The van der Waals surface area contributed by atoms with Crippen molar-refractivity contribution in [1.29, 1.82) is 5.26 Å². The number of anilines is 1. The molecule has 0 amide bonds. The van der Waals surface area contributed by atoms with Gasteiger partial charge in [-0.3, -0.25) is 4.79 Å². The van der Waals surface area contributed by atoms with Gasteiger partial charge in [-0.25, -0.2) is 9.18 Å². The third-order valence-electron chi connectivity index (χ3n) is 6.16. The van der Waals surface area contributed by atoms with E-state index in [9.17, 15) is 9.59 Å². The maximum Gasteiger partial charge on any atom is 0.511 e. The zero-order valence-corrected chi connectivity index (χ0v) is 17.6. The third kappa shape index (κ3) is 4.01. The number of rotatable bonds is 4. The third-order valence-corrected chi connectivity index (χ3v) is 6.16. The summed E-state index contributed by atoms with van der Waals surface area (Å²) in [5.74, 6) is -0.869. The molecule has 0 bridgehead atoms. The predicted molar refractivity (Wildman–Crippen MR) is 119 cm³/mol. The van der Waals surface area contributed by atoms with Crippen LogP contribution in [-0.4, -0.2) is 35.5 Å². The van der Waals surface area contributed by atoms with Gasteiger partial charge in [0.25, 0.3) is 0 Å². The van der Waals surface area contributed by atoms with Crippen molar-refractivity contribution < 1.29 is 19.0 Å². The number of benzene rings is 2. The van der Waals surface area contributed by atoms with E-state index in [1.165, 1.54) is 12.3 Å². The molecular weight excluding hydrogens is 427 g/mol. The SMILES string of the molecule is N#Cc1ccc(C2CN(c3cc4c(cc3F)c(=O)c(OC(=O)O)cn4C3CC3)CCN2)cc1. The van der Waals surface area contributed by atoms with Gasteiger partial charge in [0.05, 0.1) is 34.4 Å². The van der Waals surface area contributed by atoms with Crippen LogP contribution in [0.5, 0.6) is 5.75 Å². The molecule has 3 aromatic rings. The van der Waals surface area contributed by atoms with Crippen LogP contribution < -0.4 is 20.4 Å². The number of hydrogen-bond donors (Lipinski definition) is 2. The quantitative estimate of drug-likeness (QED) is 0.588. The molecule has 0 spiro atoms. The second-order valence-corrected chi connectivity index (χ2v) is 8.34. The first-order valence-corrected chi connectivity index (χ1v) is 10.7. The second kappa shape index (κ2) is 8.22. The number of pyridine rings is 1. The molecule has 2 heterocycles. The fourth-order valence-corrected chi connectivity index (χ4v) is 4.38. The molecule has 1 aromatic heterocycles. The van der Waals surface area contributed by atoms with Gasteiger partial charge in [0.2, 0.25) is 5.43 Å². The molecule has 2 aliphatic rings. The Morgan fingerprint density at radius 3 is 2.67 bits per heavy atom. The summed E-state index contributed by atoms with van der Waals surface area (Å²) in [5, 5.41) is 21.5. The Labute approximate surface area is 188 Å². The van der Waals surface area contributed by atoms with Crippen LogP contribution in [0.25, 0.3) is 10.9 Å². The molecule has 1 unspecified atom stereocenters. The lowest BCUT2D eigenvalue weighted by molar-refractivity contribution is 0.143. The monoisotopic (exact) mass is 448 g/mol. The van der Waals surface area contributed by atoms with Crippen LogP contribution in [0.1, 0.15) is 36.1 Å². The van der Waals surface area contributed by atoms with E-state index in [-0.39, 0.29) is 23.2 Å². The number of carboxylic acid groups (broad SMARTS) is 1. The highest BCUT2D eigenvalue weighted by Crippen LogP contribution is 2.39. The Hall–Kier alpha value is -3.90. The fourth-order valence-electron chi connectivity index (χ4n) is 4.38. The molecule has 8 nitrogen and oxygen atoms in total. The number of nitrogens with zero attached hydrogens (tertiary/aromatic N) is 3. The highest BCUT2D eigenvalue weighted by molar-refractivity contribution is 5.85. The molecule has 1 aliphatic carbocycles. The summed E-state index contributed by atoms with van der Waals surface area (Å²) in [7, 11) is 0. The smallest absolute Gasteiger partial charge is 0.449 e. The Balaban J connectivity index is 1.53. The van der Waals surface area contributed by atoms with Gasteiger partial charge in [0, 0.05) is 31.7 Å². The number of piperazine rings is 1. The zero-order chi connectivity index (χ0) is 23.1. The molecule has 2 N–H and O–H groups in total. The molecule has 2 aromatic carbocycles. The van der Waals surface area contributed by atoms with Crippen molar-refractivity contribution >= 4 is 22.7 Å². The lowest BCUT2D eigenvalue weighted by Gasteiger charge is -2.36. The number of aromatic nitrogens is 1. The van der Waals surface area contributed by atoms with E-state index in [0.717, 1.165) is 18.4 Å². The van der Waals surface area contributed by atoms with Crippen molar-refractivity contribution in [2.75, 3.05) is 24.5 Å². The van der Waals surface area contributed by atoms with E-state index in [4.69, 9.17) is 10.4 Å². The molecule has 2 fully saturated rings. The van der Waals surface area contributed by atoms with E-state index in [0.29, 0.717) is 36.4 Å². The summed E-state index contributed by atoms with van der Waals surface area (Å²) in [6.45, 7) is 1.74. The Kier molecular flexibility index (Phi) is 5.23. The average Bonchev–Trinajstić information content (AvgIpc) is 3.66. The number of halogens is 1. The van der Waals surface area contributed by atoms with Crippen LogP contribution in [0.2, 0.25) is 0 Å². The minimum Gasteiger partial charge on any atom is -0.449 e. The summed E-state index contributed by atoms with van der Waals surface area (Å²) in [6, 6.07) is 12.4. The van der Waals surface area contributed by atoms with E-state index in [1.54, 1.807) is 18.2 Å². The van der Waals surface area contributed by atoms with Crippen molar-refractivity contribution in [3.05, 3.63) is 69.8 Å². The number of nitriles is 1. The van der Waals surface area contributed by atoms with Gasteiger partial charge < -0.3 is 24.6 Å². The standard InChI is InChI=1S/C24H21FN4O4/c25-18-9-17-20(29(16-5-6-16)13-22(23(17)30)33-24(31)32)10-21(18)28-8-7-27-19(12-28)15-3-1-14(11-26)2-4-15/h1-4,9-10,13,16,19,27H,5-8,12H2,(H,31,32). The maximum absolute atomic E-state index is 15.3. The van der Waals surface area contributed by atoms with E-state index in [1.807, 2.05) is 21.6 Å². The number of nitrogens with one attached hydrogen (secondary N) is 1. The van der Waals surface area contributed by atoms with Gasteiger partial charge >= 0.3 is 6.16 Å². The van der Waals surface area contributed by atoms with E-state index >= 15 is 4.39 Å². The summed E-state index contributed by atoms with van der Waals surface area (Å²) >= 11 is 0. The van der Waals surface area contributed by atoms with Gasteiger partial charge in [-0.05, 0) is 42.7 Å². The second-order valence-electron chi connectivity index (χ2n) is 8.34. The normalized spacial score (nSPS) is 18.2. The van der Waals surface area contributed by atoms with Gasteiger partial charge in [0.1, 0.15) is 5.82 Å². The highest BCUT2D eigenvalue weighted by atomic mass is 19.1. The zero-order valence-electron chi connectivity index (χ0n) is 17.6. The lowest BCUT2D eigenvalue weighted by Crippen LogP contribution is -2.46. The maximum atomic E-state index is 15.3. The summed E-state index contributed by atoms with van der Waals surface area (Å²) in [4.78, 5) is 25.7. The molecule has 1 saturated heterocycles. The minimum absolute atomic E-state index is 0.0430. The largest absolute Gasteiger partial charge is 0.511 e. The topological polar surface area (TPSA) is 108 Å². The minimum atomic E-state index is -1.58. The molecule has 1 aliphatic heterocycles. The lowest BCUT2D eigenvalue weighted by atomic mass is 10.0. The molecular formula is C24H21FN4O4. The van der Waals surface area contributed by atoms with Crippen LogP contribution in [-0.2, 0) is 0 Å². The first-order valence-electron chi connectivity index (χ1n) is 10.7. The summed E-state index contributed by atoms with van der Waals surface area (Å²) < 4.78 is 21.7. The van der Waals surface area contributed by atoms with Gasteiger partial charge in [-0.1, -0.05) is 12.1 Å². The van der Waals surface area contributed by atoms with Crippen LogP contribution in [0.3, 0.4) is 0 Å². The van der Waals surface area contributed by atoms with Crippen molar-refractivity contribution in [1.82, 2.24) is 9.88 Å². The number of ether oxygens (including phenoxy) is 1. The van der Waals surface area contributed by atoms with Crippen molar-refractivity contribution in [3.63, 3.8) is 0 Å². The molecule has 5 rings (SSSR count). The molecule has 1 atom stereocenters. The average molecular weight is 448 g/mol. The van der Waals surface area contributed by atoms with Gasteiger partial charge in [-0.15, -0.1) is 0 Å². The number of fused-ring (bicyclic) bond motifs is 1. The van der Waals surface area contributed by atoms with E-state index < -0.39 is 17.4 Å². The summed E-state index contributed by atoms with van der Waals surface area (Å²) in [5.41, 5.74) is 1.89. The highest BCUT2D eigenvalue weighted by Gasteiger charge is 2.29. The van der Waals surface area contributed by atoms with Crippen LogP contribution >= 0.6 is 0 Å². The summed E-state index contributed by atoms with van der Waals surface area (Å²) in [6.07, 6.45) is 1.62. The van der Waals surface area contributed by atoms with Crippen molar-refractivity contribution in [2.45, 2.75) is 24.9 Å². The first-order chi connectivity index (χ1) is 15.9. The predicted octanol–water partition coefficient (Wildman–Crippen LogP) is 3.55. The van der Waals surface area contributed by atoms with E-state index in [2.05, 4.69) is 16.1 Å². The Morgan fingerprint density at radius 2 is 2.00 bits per heavy atom. The van der Waals surface area contributed by atoms with Gasteiger partial charge in [-0.2, -0.15) is 5.26 Å². The molecule has 168 valence electrons. The number of hydrogen-bond acceptors (Lipinski definition) is 6. The van der Waals surface area contributed by atoms with Crippen LogP contribution in [0.4, 0.5) is 14.9 Å². The molecule has 1 saturated carbocycles. The molecule has 33 heavy (non-hydrogen) atoms. The van der Waals surface area contributed by atoms with Crippen molar-refractivity contribution in [2.24, 2.45) is 0 Å². The van der Waals surface area contributed by atoms with Crippen LogP contribution in [0, 0.1) is 17.1 Å². The molecule has 0 radical (unpaired) electrons. The Morgan fingerprint density at radius 1 is 1.24 bits per heavy atom. The van der Waals surface area contributed by atoms with Crippen molar-refractivity contribution in [3.8, 4) is 11.8 Å². The van der Waals surface area contributed by atoms with Crippen LogP contribution in [0.15, 0.2) is 47.4 Å². The fraction of sp³-hybridized carbons (Fsp3) is 0.292. The van der Waals surface area contributed by atoms with Gasteiger partial charge in [0.15, 0.2) is 5.75 Å². The Bertz CT molecular complexity index is 1340. The number of carbonyl (C=O) groups is 1. The first kappa shape index (κ1) is 21.0.